The maximum absolute atomic E-state index is 11.8. The fraction of sp³-hybridized carbons (Fsp3) is 0.316. The zero-order valence-corrected chi connectivity index (χ0v) is 15.9. The summed E-state index contributed by atoms with van der Waals surface area (Å²) in [6, 6.07) is 7.16. The molecule has 1 aromatic carbocycles. The number of thiophene rings is 1. The Kier molecular flexibility index (Phi) is 4.78. The van der Waals surface area contributed by atoms with E-state index in [1.54, 1.807) is 30.4 Å². The number of aromatic nitrogens is 2. The Morgan fingerprint density at radius 1 is 1.23 bits per heavy atom. The van der Waals surface area contributed by atoms with Crippen molar-refractivity contribution in [1.29, 1.82) is 0 Å². The number of halogens is 1. The van der Waals surface area contributed by atoms with Crippen LogP contribution in [-0.4, -0.2) is 22.5 Å². The van der Waals surface area contributed by atoms with Crippen molar-refractivity contribution < 1.29 is 9.53 Å². The van der Waals surface area contributed by atoms with Gasteiger partial charge in [0.05, 0.1) is 17.6 Å². The third-order valence-corrected chi connectivity index (χ3v) is 5.80. The molecule has 0 bridgehead atoms. The van der Waals surface area contributed by atoms with E-state index in [1.807, 2.05) is 12.1 Å². The van der Waals surface area contributed by atoms with Gasteiger partial charge in [-0.3, -0.25) is 0 Å². The number of fused-ring (bicyclic) bond motifs is 3. The molecule has 4 rings (SSSR count). The van der Waals surface area contributed by atoms with E-state index in [0.29, 0.717) is 12.2 Å². The Balaban J connectivity index is 1.68. The SMILES string of the molecule is CCOC(=O)c1ccc(Nc2nc(Cl)nc3sc4c(c23)CCCC4)cc1. The Bertz CT molecular complexity index is 969. The lowest BCUT2D eigenvalue weighted by atomic mass is 9.97. The molecule has 1 N–H and O–H groups in total. The zero-order chi connectivity index (χ0) is 18.1. The van der Waals surface area contributed by atoms with Gasteiger partial charge in [0.25, 0.3) is 0 Å². The summed E-state index contributed by atoms with van der Waals surface area (Å²) in [5, 5.41) is 4.65. The minimum absolute atomic E-state index is 0.238. The maximum atomic E-state index is 11.8. The Hall–Kier alpha value is -2.18. The molecule has 0 unspecified atom stereocenters. The summed E-state index contributed by atoms with van der Waals surface area (Å²) >= 11 is 7.85. The summed E-state index contributed by atoms with van der Waals surface area (Å²) in [4.78, 5) is 22.9. The first kappa shape index (κ1) is 17.2. The van der Waals surface area contributed by atoms with Gasteiger partial charge >= 0.3 is 5.97 Å². The first-order valence-electron chi connectivity index (χ1n) is 8.67. The summed E-state index contributed by atoms with van der Waals surface area (Å²) in [6.45, 7) is 2.15. The first-order valence-corrected chi connectivity index (χ1v) is 9.87. The summed E-state index contributed by atoms with van der Waals surface area (Å²) in [5.74, 6) is 0.404. The Morgan fingerprint density at radius 2 is 2.00 bits per heavy atom. The highest BCUT2D eigenvalue weighted by atomic mass is 35.5. The molecule has 3 aromatic rings. The monoisotopic (exact) mass is 387 g/mol. The van der Waals surface area contributed by atoms with Crippen LogP contribution in [0.15, 0.2) is 24.3 Å². The molecule has 134 valence electrons. The number of benzene rings is 1. The molecule has 1 aliphatic carbocycles. The number of nitrogens with zero attached hydrogens (tertiary/aromatic N) is 2. The standard InChI is InChI=1S/C19H18ClN3O2S/c1-2-25-18(24)11-7-9-12(10-8-11)21-16-15-13-5-3-4-6-14(13)26-17(15)23-19(20)22-16/h7-10H,2-6H2,1H3,(H,21,22,23). The second kappa shape index (κ2) is 7.21. The predicted octanol–water partition coefficient (Wildman–Crippen LogP) is 5.14. The quantitative estimate of drug-likeness (QED) is 0.495. The molecule has 0 aliphatic heterocycles. The summed E-state index contributed by atoms with van der Waals surface area (Å²) < 4.78 is 5.02. The van der Waals surface area contributed by atoms with Gasteiger partial charge in [-0.2, -0.15) is 4.98 Å². The molecular formula is C19H18ClN3O2S. The van der Waals surface area contributed by atoms with Gasteiger partial charge in [-0.05, 0) is 74.0 Å². The molecule has 1 aliphatic rings. The number of carbonyl (C=O) groups is 1. The molecule has 2 aromatic heterocycles. The zero-order valence-electron chi connectivity index (χ0n) is 14.3. The number of anilines is 2. The third kappa shape index (κ3) is 3.27. The van der Waals surface area contributed by atoms with Crippen LogP contribution >= 0.6 is 22.9 Å². The largest absolute Gasteiger partial charge is 0.462 e. The van der Waals surface area contributed by atoms with Crippen molar-refractivity contribution in [2.24, 2.45) is 0 Å². The van der Waals surface area contributed by atoms with Gasteiger partial charge in [0.15, 0.2) is 0 Å². The van der Waals surface area contributed by atoms with Crippen molar-refractivity contribution in [3.8, 4) is 0 Å². The van der Waals surface area contributed by atoms with E-state index in [1.165, 1.54) is 23.3 Å². The van der Waals surface area contributed by atoms with Crippen LogP contribution in [-0.2, 0) is 17.6 Å². The number of carbonyl (C=O) groups excluding carboxylic acids is 1. The summed E-state index contributed by atoms with van der Waals surface area (Å²) in [5.41, 5.74) is 2.71. The fourth-order valence-electron chi connectivity index (χ4n) is 3.26. The average molecular weight is 388 g/mol. The van der Waals surface area contributed by atoms with Gasteiger partial charge in [0.2, 0.25) is 5.28 Å². The van der Waals surface area contributed by atoms with Crippen LogP contribution in [0, 0.1) is 0 Å². The highest BCUT2D eigenvalue weighted by Gasteiger charge is 2.21. The molecular weight excluding hydrogens is 370 g/mol. The van der Waals surface area contributed by atoms with E-state index in [-0.39, 0.29) is 11.3 Å². The van der Waals surface area contributed by atoms with Gasteiger partial charge in [0.1, 0.15) is 10.6 Å². The number of aryl methyl sites for hydroxylation is 2. The molecule has 26 heavy (non-hydrogen) atoms. The van der Waals surface area contributed by atoms with E-state index in [4.69, 9.17) is 16.3 Å². The van der Waals surface area contributed by atoms with E-state index in [0.717, 1.165) is 34.6 Å². The first-order chi connectivity index (χ1) is 12.7. The van der Waals surface area contributed by atoms with E-state index < -0.39 is 0 Å². The topological polar surface area (TPSA) is 64.1 Å². The van der Waals surface area contributed by atoms with Gasteiger partial charge < -0.3 is 10.1 Å². The molecule has 0 saturated heterocycles. The normalized spacial score (nSPS) is 13.5. The average Bonchev–Trinajstić information content (AvgIpc) is 3.00. The van der Waals surface area contributed by atoms with Crippen LogP contribution in [0.4, 0.5) is 11.5 Å². The van der Waals surface area contributed by atoms with Gasteiger partial charge in [0, 0.05) is 10.6 Å². The van der Waals surface area contributed by atoms with Crippen LogP contribution in [0.2, 0.25) is 5.28 Å². The predicted molar refractivity (Wildman–Crippen MR) is 105 cm³/mol. The lowest BCUT2D eigenvalue weighted by Gasteiger charge is -2.13. The molecule has 0 spiro atoms. The second-order valence-electron chi connectivity index (χ2n) is 6.16. The van der Waals surface area contributed by atoms with Crippen LogP contribution in [0.25, 0.3) is 10.2 Å². The van der Waals surface area contributed by atoms with Crippen molar-refractivity contribution in [3.05, 3.63) is 45.6 Å². The highest BCUT2D eigenvalue weighted by molar-refractivity contribution is 7.19. The fourth-order valence-corrected chi connectivity index (χ4v) is 4.74. The number of esters is 1. The van der Waals surface area contributed by atoms with Crippen molar-refractivity contribution in [3.63, 3.8) is 0 Å². The minimum atomic E-state index is -0.321. The molecule has 0 amide bonds. The molecule has 2 heterocycles. The van der Waals surface area contributed by atoms with E-state index in [2.05, 4.69) is 15.3 Å². The Labute approximate surface area is 160 Å². The van der Waals surface area contributed by atoms with Crippen LogP contribution in [0.5, 0.6) is 0 Å². The number of ether oxygens (including phenoxy) is 1. The Morgan fingerprint density at radius 3 is 2.77 bits per heavy atom. The van der Waals surface area contributed by atoms with Crippen molar-refractivity contribution in [2.45, 2.75) is 32.6 Å². The molecule has 0 fully saturated rings. The number of rotatable bonds is 4. The number of nitrogens with one attached hydrogen (secondary N) is 1. The van der Waals surface area contributed by atoms with Crippen molar-refractivity contribution >= 4 is 50.6 Å². The minimum Gasteiger partial charge on any atom is -0.462 e. The van der Waals surface area contributed by atoms with E-state index in [9.17, 15) is 4.79 Å². The van der Waals surface area contributed by atoms with Crippen LogP contribution < -0.4 is 5.32 Å². The third-order valence-electron chi connectivity index (χ3n) is 4.45. The lowest BCUT2D eigenvalue weighted by molar-refractivity contribution is 0.0526. The van der Waals surface area contributed by atoms with Crippen LogP contribution in [0.3, 0.4) is 0 Å². The van der Waals surface area contributed by atoms with Crippen molar-refractivity contribution in [1.82, 2.24) is 9.97 Å². The molecule has 0 radical (unpaired) electrons. The molecule has 7 heteroatoms. The second-order valence-corrected chi connectivity index (χ2v) is 7.58. The van der Waals surface area contributed by atoms with Gasteiger partial charge in [-0.25, -0.2) is 9.78 Å². The highest BCUT2D eigenvalue weighted by Crippen LogP contribution is 2.39. The smallest absolute Gasteiger partial charge is 0.338 e. The summed E-state index contributed by atoms with van der Waals surface area (Å²) in [7, 11) is 0. The van der Waals surface area contributed by atoms with Crippen molar-refractivity contribution in [2.75, 3.05) is 11.9 Å². The van der Waals surface area contributed by atoms with Gasteiger partial charge in [-0.15, -0.1) is 11.3 Å². The molecule has 0 saturated carbocycles. The van der Waals surface area contributed by atoms with Crippen LogP contribution in [0.1, 0.15) is 40.6 Å². The molecule has 5 nitrogen and oxygen atoms in total. The summed E-state index contributed by atoms with van der Waals surface area (Å²) in [6.07, 6.45) is 4.56. The number of hydrogen-bond donors (Lipinski definition) is 1. The lowest BCUT2D eigenvalue weighted by Crippen LogP contribution is -2.05. The maximum Gasteiger partial charge on any atom is 0.338 e. The molecule has 0 atom stereocenters. The van der Waals surface area contributed by atoms with Gasteiger partial charge in [-0.1, -0.05) is 0 Å². The van der Waals surface area contributed by atoms with E-state index >= 15 is 0 Å². The number of hydrogen-bond acceptors (Lipinski definition) is 6.